The van der Waals surface area contributed by atoms with E-state index in [9.17, 15) is 0 Å². The Morgan fingerprint density at radius 2 is 2.30 bits per heavy atom. The summed E-state index contributed by atoms with van der Waals surface area (Å²) in [6.45, 7) is 3.90. The van der Waals surface area contributed by atoms with Crippen LogP contribution in [-0.2, 0) is 4.74 Å². The number of nitrogens with two attached hydrogens (primary N) is 1. The first-order valence-corrected chi connectivity index (χ1v) is 7.63. The van der Waals surface area contributed by atoms with Gasteiger partial charge in [-0.2, -0.15) is 0 Å². The SMILES string of the molecule is NC(=S)c1ccccc1NCC1CN2CCCC2CO1. The summed E-state index contributed by atoms with van der Waals surface area (Å²) in [5.41, 5.74) is 7.64. The number of ether oxygens (including phenoxy) is 1. The first-order chi connectivity index (χ1) is 9.74. The number of para-hydroxylation sites is 1. The summed E-state index contributed by atoms with van der Waals surface area (Å²) >= 11 is 5.08. The molecule has 3 rings (SSSR count). The third kappa shape index (κ3) is 2.95. The van der Waals surface area contributed by atoms with Crippen LogP contribution in [0.4, 0.5) is 5.69 Å². The fourth-order valence-corrected chi connectivity index (χ4v) is 3.26. The van der Waals surface area contributed by atoms with Gasteiger partial charge < -0.3 is 15.8 Å². The van der Waals surface area contributed by atoms with Crippen LogP contribution in [0.1, 0.15) is 18.4 Å². The average molecular weight is 291 g/mol. The zero-order valence-electron chi connectivity index (χ0n) is 11.5. The molecule has 0 aromatic heterocycles. The maximum atomic E-state index is 5.95. The minimum Gasteiger partial charge on any atom is -0.389 e. The molecule has 2 aliphatic rings. The van der Waals surface area contributed by atoms with E-state index in [0.29, 0.717) is 11.0 Å². The zero-order valence-corrected chi connectivity index (χ0v) is 12.4. The number of hydrogen-bond acceptors (Lipinski definition) is 4. The third-order valence-electron chi connectivity index (χ3n) is 4.17. The fraction of sp³-hybridized carbons (Fsp3) is 0.533. The summed E-state index contributed by atoms with van der Waals surface area (Å²) in [6, 6.07) is 8.54. The Hall–Kier alpha value is -1.17. The highest BCUT2D eigenvalue weighted by Gasteiger charge is 2.31. The van der Waals surface area contributed by atoms with Gasteiger partial charge in [0.1, 0.15) is 4.99 Å². The Morgan fingerprint density at radius 3 is 3.15 bits per heavy atom. The van der Waals surface area contributed by atoms with E-state index < -0.39 is 0 Å². The van der Waals surface area contributed by atoms with Gasteiger partial charge in [0.25, 0.3) is 0 Å². The smallest absolute Gasteiger partial charge is 0.106 e. The molecule has 4 nitrogen and oxygen atoms in total. The molecule has 108 valence electrons. The number of rotatable bonds is 4. The van der Waals surface area contributed by atoms with Crippen LogP contribution in [0.3, 0.4) is 0 Å². The van der Waals surface area contributed by atoms with E-state index in [1.54, 1.807) is 0 Å². The standard InChI is InChI=1S/C15H21N3OS/c16-15(20)13-5-1-2-6-14(13)17-8-12-9-18-7-3-4-11(18)10-19-12/h1-2,5-6,11-12,17H,3-4,7-10H2,(H2,16,20). The molecule has 2 fully saturated rings. The lowest BCUT2D eigenvalue weighted by Crippen LogP contribution is -2.48. The number of nitrogens with one attached hydrogen (secondary N) is 1. The summed E-state index contributed by atoms with van der Waals surface area (Å²) in [5.74, 6) is 0. The number of nitrogens with zero attached hydrogens (tertiary/aromatic N) is 1. The van der Waals surface area contributed by atoms with Gasteiger partial charge in [0.2, 0.25) is 0 Å². The molecular formula is C15H21N3OS. The van der Waals surface area contributed by atoms with Crippen molar-refractivity contribution in [2.75, 3.05) is 31.6 Å². The summed E-state index contributed by atoms with van der Waals surface area (Å²) in [6.07, 6.45) is 2.83. The van der Waals surface area contributed by atoms with Gasteiger partial charge in [0, 0.05) is 30.4 Å². The Balaban J connectivity index is 1.58. The van der Waals surface area contributed by atoms with Crippen molar-refractivity contribution in [1.29, 1.82) is 0 Å². The van der Waals surface area contributed by atoms with Crippen LogP contribution >= 0.6 is 12.2 Å². The minimum atomic E-state index is 0.240. The first kappa shape index (κ1) is 13.8. The summed E-state index contributed by atoms with van der Waals surface area (Å²) in [7, 11) is 0. The molecule has 5 heteroatoms. The summed E-state index contributed by atoms with van der Waals surface area (Å²) in [5, 5.41) is 3.43. The zero-order chi connectivity index (χ0) is 13.9. The van der Waals surface area contributed by atoms with Crippen LogP contribution < -0.4 is 11.1 Å². The molecular weight excluding hydrogens is 270 g/mol. The van der Waals surface area contributed by atoms with E-state index in [-0.39, 0.29) is 6.10 Å². The lowest BCUT2D eigenvalue weighted by Gasteiger charge is -2.35. The maximum Gasteiger partial charge on any atom is 0.106 e. The maximum absolute atomic E-state index is 5.95. The van der Waals surface area contributed by atoms with Crippen molar-refractivity contribution in [3.05, 3.63) is 29.8 Å². The van der Waals surface area contributed by atoms with Gasteiger partial charge in [-0.1, -0.05) is 24.4 Å². The second-order valence-electron chi connectivity index (χ2n) is 5.54. The number of thiocarbonyl (C=S) groups is 1. The van der Waals surface area contributed by atoms with Crippen LogP contribution in [-0.4, -0.2) is 48.3 Å². The minimum absolute atomic E-state index is 0.240. The molecule has 0 amide bonds. The molecule has 1 aromatic carbocycles. The second-order valence-corrected chi connectivity index (χ2v) is 5.98. The predicted molar refractivity (Wildman–Crippen MR) is 85.2 cm³/mol. The molecule has 2 saturated heterocycles. The summed E-state index contributed by atoms with van der Waals surface area (Å²) < 4.78 is 5.95. The van der Waals surface area contributed by atoms with Crippen molar-refractivity contribution in [3.63, 3.8) is 0 Å². The van der Waals surface area contributed by atoms with Crippen molar-refractivity contribution >= 4 is 22.9 Å². The highest BCUT2D eigenvalue weighted by atomic mass is 32.1. The molecule has 0 saturated carbocycles. The van der Waals surface area contributed by atoms with Crippen LogP contribution in [0, 0.1) is 0 Å². The van der Waals surface area contributed by atoms with Crippen molar-refractivity contribution in [2.24, 2.45) is 5.73 Å². The topological polar surface area (TPSA) is 50.5 Å². The van der Waals surface area contributed by atoms with E-state index in [1.165, 1.54) is 19.4 Å². The lowest BCUT2D eigenvalue weighted by atomic mass is 10.1. The summed E-state index contributed by atoms with van der Waals surface area (Å²) in [4.78, 5) is 2.98. The molecule has 3 N–H and O–H groups in total. The number of benzene rings is 1. The molecule has 1 aromatic rings. The van der Waals surface area contributed by atoms with Gasteiger partial charge in [0.05, 0.1) is 12.7 Å². The van der Waals surface area contributed by atoms with Crippen LogP contribution in [0.25, 0.3) is 0 Å². The van der Waals surface area contributed by atoms with Gasteiger partial charge in [-0.3, -0.25) is 4.90 Å². The molecule has 0 radical (unpaired) electrons. The molecule has 0 bridgehead atoms. The number of anilines is 1. The molecule has 2 aliphatic heterocycles. The van der Waals surface area contributed by atoms with Gasteiger partial charge in [-0.25, -0.2) is 0 Å². The Bertz CT molecular complexity index is 494. The van der Waals surface area contributed by atoms with E-state index in [1.807, 2.05) is 24.3 Å². The molecule has 0 spiro atoms. The van der Waals surface area contributed by atoms with E-state index in [4.69, 9.17) is 22.7 Å². The number of morpholine rings is 1. The molecule has 20 heavy (non-hydrogen) atoms. The van der Waals surface area contributed by atoms with Crippen molar-refractivity contribution in [1.82, 2.24) is 4.90 Å². The van der Waals surface area contributed by atoms with Gasteiger partial charge in [-0.15, -0.1) is 0 Å². The van der Waals surface area contributed by atoms with Gasteiger partial charge in [0.15, 0.2) is 0 Å². The van der Waals surface area contributed by atoms with Crippen LogP contribution in [0.5, 0.6) is 0 Å². The monoisotopic (exact) mass is 291 g/mol. The second kappa shape index (κ2) is 6.08. The normalized spacial score (nSPS) is 26.2. The Morgan fingerprint density at radius 1 is 1.45 bits per heavy atom. The van der Waals surface area contributed by atoms with Crippen molar-refractivity contribution in [3.8, 4) is 0 Å². The number of fused-ring (bicyclic) bond motifs is 1. The quantitative estimate of drug-likeness (QED) is 0.825. The van der Waals surface area contributed by atoms with Crippen LogP contribution in [0.15, 0.2) is 24.3 Å². The first-order valence-electron chi connectivity index (χ1n) is 7.22. The fourth-order valence-electron chi connectivity index (χ4n) is 3.09. The lowest BCUT2D eigenvalue weighted by molar-refractivity contribution is -0.0415. The van der Waals surface area contributed by atoms with Crippen LogP contribution in [0.2, 0.25) is 0 Å². The van der Waals surface area contributed by atoms with Gasteiger partial charge in [-0.05, 0) is 31.5 Å². The molecule has 2 unspecified atom stereocenters. The Kier molecular flexibility index (Phi) is 4.19. The third-order valence-corrected chi connectivity index (χ3v) is 4.39. The average Bonchev–Trinajstić information content (AvgIpc) is 2.92. The van der Waals surface area contributed by atoms with Crippen molar-refractivity contribution in [2.45, 2.75) is 25.0 Å². The Labute approximate surface area is 125 Å². The van der Waals surface area contributed by atoms with E-state index >= 15 is 0 Å². The molecule has 2 heterocycles. The van der Waals surface area contributed by atoms with Gasteiger partial charge >= 0.3 is 0 Å². The number of hydrogen-bond donors (Lipinski definition) is 2. The van der Waals surface area contributed by atoms with Crippen molar-refractivity contribution < 1.29 is 4.74 Å². The highest BCUT2D eigenvalue weighted by molar-refractivity contribution is 7.80. The molecule has 0 aliphatic carbocycles. The van der Waals surface area contributed by atoms with E-state index in [2.05, 4.69) is 10.2 Å². The molecule has 2 atom stereocenters. The largest absolute Gasteiger partial charge is 0.389 e. The van der Waals surface area contributed by atoms with E-state index in [0.717, 1.165) is 30.9 Å². The predicted octanol–water partition coefficient (Wildman–Crippen LogP) is 1.60. The highest BCUT2D eigenvalue weighted by Crippen LogP contribution is 2.23.